The lowest BCUT2D eigenvalue weighted by Gasteiger charge is -2.55. The number of nitrogens with one attached hydrogen (secondary N) is 2. The Kier molecular flexibility index (Phi) is 4.10. The van der Waals surface area contributed by atoms with Gasteiger partial charge in [0.1, 0.15) is 0 Å². The molecule has 0 heterocycles. The summed E-state index contributed by atoms with van der Waals surface area (Å²) in [5, 5.41) is 6.90. The highest BCUT2D eigenvalue weighted by Crippen LogP contribution is 2.60. The molecule has 25 heavy (non-hydrogen) atoms. The molecule has 0 radical (unpaired) electrons. The minimum Gasteiger partial charge on any atom is -0.326 e. The number of hydrogen-bond acceptors (Lipinski definition) is 3. The zero-order chi connectivity index (χ0) is 17.4. The molecule has 4 fully saturated rings. The molecular formula is C20H25N3O2. The van der Waals surface area contributed by atoms with Crippen molar-refractivity contribution in [1.29, 1.82) is 0 Å². The second-order valence-corrected chi connectivity index (χ2v) is 8.20. The number of amides is 2. The van der Waals surface area contributed by atoms with Crippen molar-refractivity contribution in [1.82, 2.24) is 5.43 Å². The van der Waals surface area contributed by atoms with E-state index in [1.165, 1.54) is 26.2 Å². The van der Waals surface area contributed by atoms with E-state index in [-0.39, 0.29) is 17.2 Å². The van der Waals surface area contributed by atoms with Crippen LogP contribution in [0.3, 0.4) is 0 Å². The molecule has 0 aromatic heterocycles. The maximum atomic E-state index is 12.8. The van der Waals surface area contributed by atoms with Crippen LogP contribution in [-0.2, 0) is 9.59 Å². The van der Waals surface area contributed by atoms with Crippen molar-refractivity contribution in [3.05, 3.63) is 29.8 Å². The van der Waals surface area contributed by atoms with Gasteiger partial charge >= 0.3 is 0 Å². The van der Waals surface area contributed by atoms with Gasteiger partial charge in [0.25, 0.3) is 0 Å². The topological polar surface area (TPSA) is 70.6 Å². The maximum absolute atomic E-state index is 12.8. The second-order valence-electron chi connectivity index (χ2n) is 8.20. The highest BCUT2D eigenvalue weighted by Gasteiger charge is 2.54. The number of carbonyl (C=O) groups is 2. The number of hydrogen-bond donors (Lipinski definition) is 2. The van der Waals surface area contributed by atoms with E-state index >= 15 is 0 Å². The monoisotopic (exact) mass is 339 g/mol. The van der Waals surface area contributed by atoms with Crippen LogP contribution in [0.15, 0.2) is 29.4 Å². The fourth-order valence-corrected chi connectivity index (χ4v) is 5.53. The molecule has 0 atom stereocenters. The van der Waals surface area contributed by atoms with Crippen LogP contribution in [0.1, 0.15) is 51.0 Å². The average Bonchev–Trinajstić information content (AvgIpc) is 2.54. The van der Waals surface area contributed by atoms with Gasteiger partial charge in [-0.2, -0.15) is 5.10 Å². The molecule has 2 amide bonds. The van der Waals surface area contributed by atoms with Gasteiger partial charge in [0.05, 0.1) is 11.6 Å². The lowest BCUT2D eigenvalue weighted by Crippen LogP contribution is -2.52. The number of rotatable bonds is 4. The first-order chi connectivity index (χ1) is 12.0. The van der Waals surface area contributed by atoms with Crippen LogP contribution >= 0.6 is 0 Å². The zero-order valence-corrected chi connectivity index (χ0v) is 14.6. The van der Waals surface area contributed by atoms with Crippen LogP contribution in [0.4, 0.5) is 5.69 Å². The molecule has 4 aliphatic carbocycles. The molecule has 0 spiro atoms. The molecule has 4 saturated carbocycles. The van der Waals surface area contributed by atoms with E-state index in [4.69, 9.17) is 0 Å². The van der Waals surface area contributed by atoms with Gasteiger partial charge in [-0.1, -0.05) is 12.1 Å². The van der Waals surface area contributed by atoms with Crippen molar-refractivity contribution in [3.63, 3.8) is 0 Å². The van der Waals surface area contributed by atoms with Crippen LogP contribution in [0.25, 0.3) is 0 Å². The molecule has 1 aromatic rings. The third-order valence-corrected chi connectivity index (χ3v) is 6.13. The zero-order valence-electron chi connectivity index (χ0n) is 14.6. The largest absolute Gasteiger partial charge is 0.326 e. The summed E-state index contributed by atoms with van der Waals surface area (Å²) in [6, 6.07) is 7.38. The normalized spacial score (nSPS) is 32.8. The minimum absolute atomic E-state index is 0.0933. The fraction of sp³-hybridized carbons (Fsp3) is 0.550. The Balaban J connectivity index is 1.37. The van der Waals surface area contributed by atoms with Gasteiger partial charge in [-0.3, -0.25) is 9.59 Å². The van der Waals surface area contributed by atoms with Crippen LogP contribution in [0.2, 0.25) is 0 Å². The van der Waals surface area contributed by atoms with E-state index in [0.29, 0.717) is 0 Å². The molecule has 0 aliphatic heterocycles. The molecule has 5 nitrogen and oxygen atoms in total. The SMILES string of the molecule is CC(=O)Nc1ccc(/C=N\NC(=O)C23CC4CC(CC(C4)C2)C3)cc1. The summed E-state index contributed by atoms with van der Waals surface area (Å²) in [5.41, 5.74) is 4.27. The lowest BCUT2D eigenvalue weighted by molar-refractivity contribution is -0.146. The summed E-state index contributed by atoms with van der Waals surface area (Å²) in [6.45, 7) is 1.48. The van der Waals surface area contributed by atoms with Crippen molar-refractivity contribution in [3.8, 4) is 0 Å². The van der Waals surface area contributed by atoms with Gasteiger partial charge < -0.3 is 5.32 Å². The Hall–Kier alpha value is -2.17. The number of hydrazone groups is 1. The van der Waals surface area contributed by atoms with Crippen molar-refractivity contribution in [2.24, 2.45) is 28.3 Å². The van der Waals surface area contributed by atoms with Crippen LogP contribution in [0, 0.1) is 23.2 Å². The fourth-order valence-electron chi connectivity index (χ4n) is 5.53. The van der Waals surface area contributed by atoms with Crippen LogP contribution in [-0.4, -0.2) is 18.0 Å². The first kappa shape index (κ1) is 16.3. The molecule has 5 heteroatoms. The Morgan fingerprint density at radius 2 is 1.60 bits per heavy atom. The third kappa shape index (κ3) is 3.32. The Bertz CT molecular complexity index is 673. The first-order valence-corrected chi connectivity index (χ1v) is 9.23. The van der Waals surface area contributed by atoms with Gasteiger partial charge in [-0.25, -0.2) is 5.43 Å². The Labute approximate surface area is 148 Å². The summed E-state index contributed by atoms with van der Waals surface area (Å²) in [6.07, 6.45) is 8.79. The second kappa shape index (κ2) is 6.28. The number of carbonyl (C=O) groups excluding carboxylic acids is 2. The average molecular weight is 339 g/mol. The molecule has 0 unspecified atom stereocenters. The summed E-state index contributed by atoms with van der Waals surface area (Å²) in [4.78, 5) is 23.8. The molecule has 4 aliphatic rings. The van der Waals surface area contributed by atoms with Gasteiger partial charge in [0.15, 0.2) is 0 Å². The van der Waals surface area contributed by atoms with E-state index in [0.717, 1.165) is 48.3 Å². The van der Waals surface area contributed by atoms with Gasteiger partial charge in [-0.15, -0.1) is 0 Å². The highest BCUT2D eigenvalue weighted by atomic mass is 16.2. The Morgan fingerprint density at radius 1 is 1.04 bits per heavy atom. The van der Waals surface area contributed by atoms with Gasteiger partial charge in [-0.05, 0) is 74.0 Å². The molecule has 1 aromatic carbocycles. The van der Waals surface area contributed by atoms with E-state index in [2.05, 4.69) is 15.8 Å². The smallest absolute Gasteiger partial charge is 0.246 e. The van der Waals surface area contributed by atoms with Crippen LogP contribution < -0.4 is 10.7 Å². The van der Waals surface area contributed by atoms with Crippen molar-refractivity contribution >= 4 is 23.7 Å². The minimum atomic E-state index is -0.165. The summed E-state index contributed by atoms with van der Waals surface area (Å²) >= 11 is 0. The van der Waals surface area contributed by atoms with E-state index in [1.54, 1.807) is 6.21 Å². The first-order valence-electron chi connectivity index (χ1n) is 9.23. The van der Waals surface area contributed by atoms with E-state index in [1.807, 2.05) is 24.3 Å². The molecule has 0 saturated heterocycles. The van der Waals surface area contributed by atoms with E-state index < -0.39 is 0 Å². The summed E-state index contributed by atoms with van der Waals surface area (Å²) in [5.74, 6) is 2.27. The molecule has 4 bridgehead atoms. The highest BCUT2D eigenvalue weighted by molar-refractivity contribution is 5.90. The maximum Gasteiger partial charge on any atom is 0.246 e. The number of benzene rings is 1. The van der Waals surface area contributed by atoms with E-state index in [9.17, 15) is 9.59 Å². The van der Waals surface area contributed by atoms with Crippen molar-refractivity contribution in [2.75, 3.05) is 5.32 Å². The van der Waals surface area contributed by atoms with Crippen molar-refractivity contribution in [2.45, 2.75) is 45.4 Å². The lowest BCUT2D eigenvalue weighted by atomic mass is 9.49. The van der Waals surface area contributed by atoms with Gasteiger partial charge in [0, 0.05) is 12.6 Å². The third-order valence-electron chi connectivity index (χ3n) is 6.13. The molecule has 132 valence electrons. The predicted molar refractivity (Wildman–Crippen MR) is 97.1 cm³/mol. The summed E-state index contributed by atoms with van der Waals surface area (Å²) in [7, 11) is 0. The molecule has 5 rings (SSSR count). The molecular weight excluding hydrogens is 314 g/mol. The summed E-state index contributed by atoms with van der Waals surface area (Å²) < 4.78 is 0. The van der Waals surface area contributed by atoms with Gasteiger partial charge in [0.2, 0.25) is 11.8 Å². The number of nitrogens with zero attached hydrogens (tertiary/aromatic N) is 1. The standard InChI is InChI=1S/C20H25N3O2/c1-13(24)22-18-4-2-14(3-5-18)12-21-23-19(25)20-9-15-6-16(10-20)8-17(7-15)11-20/h2-5,12,15-17H,6-11H2,1H3,(H,22,24)(H,23,25)/b21-12-. The quantitative estimate of drug-likeness (QED) is 0.652. The predicted octanol–water partition coefficient (Wildman–Crippen LogP) is 3.31. The molecule has 2 N–H and O–H groups in total. The Morgan fingerprint density at radius 3 is 2.12 bits per heavy atom. The van der Waals surface area contributed by atoms with Crippen molar-refractivity contribution < 1.29 is 9.59 Å². The number of anilines is 1. The van der Waals surface area contributed by atoms with Crippen LogP contribution in [0.5, 0.6) is 0 Å².